The van der Waals surface area contributed by atoms with Gasteiger partial charge in [0.15, 0.2) is 0 Å². The summed E-state index contributed by atoms with van der Waals surface area (Å²) in [5, 5.41) is 8.61. The summed E-state index contributed by atoms with van der Waals surface area (Å²) in [5.41, 5.74) is 2.54. The summed E-state index contributed by atoms with van der Waals surface area (Å²) in [4.78, 5) is 31.7. The Hall–Kier alpha value is -3.94. The smallest absolute Gasteiger partial charge is 0.274 e. The molecule has 1 aromatic heterocycles. The second-order valence-corrected chi connectivity index (χ2v) is 6.20. The van der Waals surface area contributed by atoms with Crippen LogP contribution in [0.3, 0.4) is 0 Å². The molecule has 0 bridgehead atoms. The molecule has 29 heavy (non-hydrogen) atoms. The van der Waals surface area contributed by atoms with E-state index in [0.29, 0.717) is 23.7 Å². The van der Waals surface area contributed by atoms with E-state index >= 15 is 0 Å². The number of carbonyl (C=O) groups excluding carboxylic acids is 2. The second-order valence-electron chi connectivity index (χ2n) is 6.20. The van der Waals surface area contributed by atoms with Crippen molar-refractivity contribution in [2.45, 2.75) is 13.5 Å². The molecule has 0 saturated heterocycles. The van der Waals surface area contributed by atoms with E-state index in [9.17, 15) is 9.59 Å². The number of methoxy groups -OCH3 is 1. The number of aromatic nitrogens is 2. The molecule has 0 spiro atoms. The summed E-state index contributed by atoms with van der Waals surface area (Å²) in [6.07, 6.45) is 1.34. The molecule has 0 saturated carbocycles. The summed E-state index contributed by atoms with van der Waals surface area (Å²) >= 11 is 0. The molecular weight excluding hydrogens is 370 g/mol. The van der Waals surface area contributed by atoms with Gasteiger partial charge in [0.05, 0.1) is 7.11 Å². The van der Waals surface area contributed by atoms with E-state index in [4.69, 9.17) is 4.74 Å². The van der Waals surface area contributed by atoms with Gasteiger partial charge in [-0.1, -0.05) is 12.1 Å². The molecule has 2 aromatic carbocycles. The predicted molar refractivity (Wildman–Crippen MR) is 111 cm³/mol. The van der Waals surface area contributed by atoms with Gasteiger partial charge in [0.25, 0.3) is 5.91 Å². The van der Waals surface area contributed by atoms with Gasteiger partial charge in [-0.05, 0) is 42.0 Å². The zero-order valence-corrected chi connectivity index (χ0v) is 16.1. The number of rotatable bonds is 7. The Morgan fingerprint density at radius 2 is 1.59 bits per heavy atom. The number of benzene rings is 2. The lowest BCUT2D eigenvalue weighted by Gasteiger charge is -2.09. The molecule has 0 atom stereocenters. The first-order chi connectivity index (χ1) is 14.0. The second kappa shape index (κ2) is 9.32. The third kappa shape index (κ3) is 5.77. The van der Waals surface area contributed by atoms with Gasteiger partial charge in [0.2, 0.25) is 5.91 Å². The lowest BCUT2D eigenvalue weighted by atomic mass is 10.2. The van der Waals surface area contributed by atoms with E-state index in [1.807, 2.05) is 24.3 Å². The fraction of sp³-hybridized carbons (Fsp3) is 0.143. The average Bonchev–Trinajstić information content (AvgIpc) is 2.74. The van der Waals surface area contributed by atoms with Crippen molar-refractivity contribution in [3.63, 3.8) is 0 Å². The number of nitrogens with zero attached hydrogens (tertiary/aromatic N) is 2. The van der Waals surface area contributed by atoms with E-state index in [1.165, 1.54) is 13.3 Å². The highest BCUT2D eigenvalue weighted by Crippen LogP contribution is 2.16. The number of hydrogen-bond acceptors (Lipinski definition) is 6. The van der Waals surface area contributed by atoms with E-state index in [0.717, 1.165) is 11.3 Å². The molecule has 3 rings (SSSR count). The van der Waals surface area contributed by atoms with Crippen molar-refractivity contribution in [1.82, 2.24) is 9.97 Å². The quantitative estimate of drug-likeness (QED) is 0.571. The zero-order chi connectivity index (χ0) is 20.6. The standard InChI is InChI=1S/C21H21N5O3/c1-14(27)25-16-5-7-17(8-6-16)26-21(28)19-11-20(24-13-23-19)22-12-15-3-9-18(29-2)10-4-15/h3-11,13H,12H2,1-2H3,(H,25,27)(H,26,28)(H,22,23,24). The molecule has 3 aromatic rings. The maximum Gasteiger partial charge on any atom is 0.274 e. The molecule has 8 nitrogen and oxygen atoms in total. The van der Waals surface area contributed by atoms with Crippen LogP contribution in [0.15, 0.2) is 60.9 Å². The number of amides is 2. The molecule has 0 aliphatic rings. The molecular formula is C21H21N5O3. The van der Waals surface area contributed by atoms with Crippen LogP contribution in [-0.4, -0.2) is 28.9 Å². The summed E-state index contributed by atoms with van der Waals surface area (Å²) in [7, 11) is 1.62. The van der Waals surface area contributed by atoms with Crippen LogP contribution in [0, 0.1) is 0 Å². The highest BCUT2D eigenvalue weighted by molar-refractivity contribution is 6.03. The van der Waals surface area contributed by atoms with Gasteiger partial charge >= 0.3 is 0 Å². The maximum absolute atomic E-state index is 12.5. The number of hydrogen-bond donors (Lipinski definition) is 3. The van der Waals surface area contributed by atoms with Gasteiger partial charge in [-0.25, -0.2) is 9.97 Å². The van der Waals surface area contributed by atoms with Crippen LogP contribution in [0.1, 0.15) is 23.0 Å². The first-order valence-corrected chi connectivity index (χ1v) is 8.91. The topological polar surface area (TPSA) is 105 Å². The minimum atomic E-state index is -0.354. The summed E-state index contributed by atoms with van der Waals surface area (Å²) < 4.78 is 5.14. The fourth-order valence-electron chi connectivity index (χ4n) is 2.55. The highest BCUT2D eigenvalue weighted by atomic mass is 16.5. The number of nitrogens with one attached hydrogen (secondary N) is 3. The monoisotopic (exact) mass is 391 g/mol. The van der Waals surface area contributed by atoms with Crippen molar-refractivity contribution in [3.05, 3.63) is 72.2 Å². The van der Waals surface area contributed by atoms with E-state index in [-0.39, 0.29) is 17.5 Å². The average molecular weight is 391 g/mol. The van der Waals surface area contributed by atoms with Crippen LogP contribution in [0.4, 0.5) is 17.2 Å². The lowest BCUT2D eigenvalue weighted by Crippen LogP contribution is -2.15. The Kier molecular flexibility index (Phi) is 6.36. The fourth-order valence-corrected chi connectivity index (χ4v) is 2.55. The van der Waals surface area contributed by atoms with Crippen molar-refractivity contribution in [1.29, 1.82) is 0 Å². The molecule has 0 aliphatic heterocycles. The van der Waals surface area contributed by atoms with Gasteiger partial charge in [0.1, 0.15) is 23.6 Å². The van der Waals surface area contributed by atoms with Crippen molar-refractivity contribution < 1.29 is 14.3 Å². The highest BCUT2D eigenvalue weighted by Gasteiger charge is 2.09. The van der Waals surface area contributed by atoms with E-state index in [2.05, 4.69) is 25.9 Å². The van der Waals surface area contributed by atoms with Gasteiger partial charge in [0, 0.05) is 30.9 Å². The van der Waals surface area contributed by atoms with Gasteiger partial charge in [-0.15, -0.1) is 0 Å². The lowest BCUT2D eigenvalue weighted by molar-refractivity contribution is -0.114. The van der Waals surface area contributed by atoms with Crippen LogP contribution < -0.4 is 20.7 Å². The Labute approximate surface area is 168 Å². The first kappa shape index (κ1) is 19.8. The van der Waals surface area contributed by atoms with Gasteiger partial charge in [-0.2, -0.15) is 0 Å². The Morgan fingerprint density at radius 1 is 0.931 bits per heavy atom. The van der Waals surface area contributed by atoms with Crippen molar-refractivity contribution >= 4 is 29.0 Å². The number of carbonyl (C=O) groups is 2. The van der Waals surface area contributed by atoms with Crippen LogP contribution in [0.25, 0.3) is 0 Å². The molecule has 0 unspecified atom stereocenters. The molecule has 0 fully saturated rings. The van der Waals surface area contributed by atoms with Gasteiger partial charge < -0.3 is 20.7 Å². The summed E-state index contributed by atoms with van der Waals surface area (Å²) in [6, 6.07) is 16.1. The van der Waals surface area contributed by atoms with Crippen molar-refractivity contribution in [2.75, 3.05) is 23.1 Å². The minimum Gasteiger partial charge on any atom is -0.497 e. The Bertz CT molecular complexity index is 988. The van der Waals surface area contributed by atoms with Crippen LogP contribution in [0.2, 0.25) is 0 Å². The normalized spacial score (nSPS) is 10.1. The predicted octanol–water partition coefficient (Wildman–Crippen LogP) is 3.31. The van der Waals surface area contributed by atoms with E-state index < -0.39 is 0 Å². The third-order valence-corrected chi connectivity index (χ3v) is 4.00. The zero-order valence-electron chi connectivity index (χ0n) is 16.1. The molecule has 1 heterocycles. The molecule has 2 amide bonds. The Morgan fingerprint density at radius 3 is 2.21 bits per heavy atom. The van der Waals surface area contributed by atoms with Crippen LogP contribution in [0.5, 0.6) is 5.75 Å². The minimum absolute atomic E-state index is 0.155. The Balaban J connectivity index is 1.60. The molecule has 3 N–H and O–H groups in total. The molecule has 0 radical (unpaired) electrons. The first-order valence-electron chi connectivity index (χ1n) is 8.91. The van der Waals surface area contributed by atoms with Crippen LogP contribution >= 0.6 is 0 Å². The molecule has 8 heteroatoms. The number of ether oxygens (including phenoxy) is 1. The van der Waals surface area contributed by atoms with Crippen LogP contribution in [-0.2, 0) is 11.3 Å². The molecule has 148 valence electrons. The SMILES string of the molecule is COc1ccc(CNc2cc(C(=O)Nc3ccc(NC(C)=O)cc3)ncn2)cc1. The summed E-state index contributed by atoms with van der Waals surface area (Å²) in [6.45, 7) is 1.98. The van der Waals surface area contributed by atoms with Crippen molar-refractivity contribution in [2.24, 2.45) is 0 Å². The van der Waals surface area contributed by atoms with Crippen molar-refractivity contribution in [3.8, 4) is 5.75 Å². The third-order valence-electron chi connectivity index (χ3n) is 4.00. The maximum atomic E-state index is 12.5. The van der Waals surface area contributed by atoms with E-state index in [1.54, 1.807) is 37.4 Å². The summed E-state index contributed by atoms with van der Waals surface area (Å²) in [5.74, 6) is 0.825. The number of anilines is 3. The molecule has 0 aliphatic carbocycles. The van der Waals surface area contributed by atoms with Gasteiger partial charge in [-0.3, -0.25) is 9.59 Å². The largest absolute Gasteiger partial charge is 0.497 e.